The van der Waals surface area contributed by atoms with Crippen molar-refractivity contribution >= 4 is 0 Å². The number of unbranched alkanes of at least 4 members (excludes halogenated alkanes) is 8. The van der Waals surface area contributed by atoms with E-state index in [0.29, 0.717) is 26.1 Å². The van der Waals surface area contributed by atoms with Crippen LogP contribution in [0.25, 0.3) is 0 Å². The van der Waals surface area contributed by atoms with Crippen LogP contribution >= 0.6 is 0 Å². The molecule has 1 saturated heterocycles. The van der Waals surface area contributed by atoms with Gasteiger partial charge in [-0.3, -0.25) is 0 Å². The van der Waals surface area contributed by atoms with E-state index in [1.54, 1.807) is 0 Å². The summed E-state index contributed by atoms with van der Waals surface area (Å²) in [5, 5.41) is 0. The summed E-state index contributed by atoms with van der Waals surface area (Å²) in [4.78, 5) is 0. The molecule has 0 aliphatic carbocycles. The van der Waals surface area contributed by atoms with Crippen molar-refractivity contribution in [3.05, 3.63) is 0 Å². The second kappa shape index (κ2) is 12.9. The van der Waals surface area contributed by atoms with E-state index in [1.165, 1.54) is 0 Å². The van der Waals surface area contributed by atoms with E-state index in [2.05, 4.69) is 0 Å². The van der Waals surface area contributed by atoms with E-state index >= 15 is 0 Å². The third-order valence-electron chi connectivity index (χ3n) is 5.71. The molecular formula is C21H31F11O2. The lowest BCUT2D eigenvalue weighted by molar-refractivity contribution is -0.422. The maximum Gasteiger partial charge on any atom is 0.460 e. The fraction of sp³-hybridized carbons (Fsp3) is 1.00. The molecular weight excluding hydrogens is 493 g/mol. The fourth-order valence-corrected chi connectivity index (χ4v) is 3.54. The molecule has 0 aromatic carbocycles. The van der Waals surface area contributed by atoms with Gasteiger partial charge in [0, 0.05) is 19.6 Å². The van der Waals surface area contributed by atoms with Crippen LogP contribution in [-0.2, 0) is 9.47 Å². The molecule has 0 bridgehead atoms. The second-order valence-corrected chi connectivity index (χ2v) is 8.57. The van der Waals surface area contributed by atoms with Crippen molar-refractivity contribution in [2.24, 2.45) is 0 Å². The van der Waals surface area contributed by atoms with Crippen molar-refractivity contribution in [1.82, 2.24) is 0 Å². The van der Waals surface area contributed by atoms with Crippen LogP contribution in [0.15, 0.2) is 0 Å². The minimum atomic E-state index is -7.32. The average molecular weight is 524 g/mol. The normalized spacial score (nSPS) is 18.6. The van der Waals surface area contributed by atoms with Gasteiger partial charge in [-0.05, 0) is 25.7 Å². The van der Waals surface area contributed by atoms with Crippen LogP contribution in [0, 0.1) is 0 Å². The van der Waals surface area contributed by atoms with Crippen LogP contribution in [-0.4, -0.2) is 55.8 Å². The van der Waals surface area contributed by atoms with Gasteiger partial charge >= 0.3 is 29.9 Å². The second-order valence-electron chi connectivity index (χ2n) is 8.57. The summed E-state index contributed by atoms with van der Waals surface area (Å²) in [6, 6.07) is 0. The van der Waals surface area contributed by atoms with Gasteiger partial charge in [0.25, 0.3) is 0 Å². The van der Waals surface area contributed by atoms with E-state index in [4.69, 9.17) is 9.47 Å². The van der Waals surface area contributed by atoms with Crippen molar-refractivity contribution in [2.45, 2.75) is 113 Å². The van der Waals surface area contributed by atoms with E-state index in [-0.39, 0.29) is 12.5 Å². The standard InChI is InChI=1S/C21H31F11O2/c22-17(23,18(24,25)19(26,27)20(28,29)21(30,31)32)12-8-6-4-2-1-3-5-7-9-13-33-15-16-11-10-14-34-16/h16H,1-15H2. The minimum Gasteiger partial charge on any atom is -0.379 e. The van der Waals surface area contributed by atoms with Crippen LogP contribution in [0.3, 0.4) is 0 Å². The lowest BCUT2D eigenvalue weighted by Gasteiger charge is -2.37. The lowest BCUT2D eigenvalue weighted by atomic mass is 9.94. The monoisotopic (exact) mass is 524 g/mol. The summed E-state index contributed by atoms with van der Waals surface area (Å²) in [6.07, 6.45) is -2.54. The van der Waals surface area contributed by atoms with Gasteiger partial charge in [0.15, 0.2) is 0 Å². The summed E-state index contributed by atoms with van der Waals surface area (Å²) in [5.41, 5.74) is 0. The highest BCUT2D eigenvalue weighted by Gasteiger charge is 2.86. The maximum atomic E-state index is 13.6. The first-order valence-electron chi connectivity index (χ1n) is 11.4. The lowest BCUT2D eigenvalue weighted by Crippen LogP contribution is -2.66. The van der Waals surface area contributed by atoms with Crippen LogP contribution < -0.4 is 0 Å². The molecule has 204 valence electrons. The molecule has 2 nitrogen and oxygen atoms in total. The molecule has 1 heterocycles. The van der Waals surface area contributed by atoms with Crippen molar-refractivity contribution in [3.8, 4) is 0 Å². The Morgan fingerprint density at radius 1 is 0.618 bits per heavy atom. The molecule has 0 radical (unpaired) electrons. The number of ether oxygens (including phenoxy) is 2. The van der Waals surface area contributed by atoms with Gasteiger partial charge in [-0.1, -0.05) is 44.9 Å². The molecule has 34 heavy (non-hydrogen) atoms. The SMILES string of the molecule is FC(F)(F)C(F)(F)C(F)(F)C(F)(F)C(F)(F)CCCCCCCCCCCOCC1CCCO1. The highest BCUT2D eigenvalue weighted by atomic mass is 19.4. The molecule has 1 atom stereocenters. The van der Waals surface area contributed by atoms with Crippen molar-refractivity contribution in [3.63, 3.8) is 0 Å². The Bertz CT molecular complexity index is 574. The van der Waals surface area contributed by atoms with Crippen molar-refractivity contribution in [1.29, 1.82) is 0 Å². The van der Waals surface area contributed by atoms with Gasteiger partial charge in [-0.15, -0.1) is 0 Å². The van der Waals surface area contributed by atoms with Gasteiger partial charge in [0.05, 0.1) is 12.7 Å². The zero-order valence-electron chi connectivity index (χ0n) is 18.7. The maximum absolute atomic E-state index is 13.6. The largest absolute Gasteiger partial charge is 0.460 e. The van der Waals surface area contributed by atoms with Gasteiger partial charge < -0.3 is 9.47 Å². The van der Waals surface area contributed by atoms with Gasteiger partial charge in [-0.2, -0.15) is 48.3 Å². The number of rotatable bonds is 17. The van der Waals surface area contributed by atoms with Crippen LogP contribution in [0.4, 0.5) is 48.3 Å². The third-order valence-corrected chi connectivity index (χ3v) is 5.71. The first-order valence-corrected chi connectivity index (χ1v) is 11.4. The predicted octanol–water partition coefficient (Wildman–Crippen LogP) is 8.19. The number of alkyl halides is 11. The molecule has 0 N–H and O–H groups in total. The van der Waals surface area contributed by atoms with Crippen LogP contribution in [0.1, 0.15) is 77.0 Å². The quantitative estimate of drug-likeness (QED) is 0.141. The molecule has 0 aromatic heterocycles. The first-order chi connectivity index (χ1) is 15.6. The van der Waals surface area contributed by atoms with E-state index < -0.39 is 42.7 Å². The Kier molecular flexibility index (Phi) is 11.8. The number of hydrogen-bond donors (Lipinski definition) is 0. The Balaban J connectivity index is 2.18. The third kappa shape index (κ3) is 8.09. The van der Waals surface area contributed by atoms with E-state index in [9.17, 15) is 48.3 Å². The van der Waals surface area contributed by atoms with Crippen LogP contribution in [0.5, 0.6) is 0 Å². The summed E-state index contributed by atoms with van der Waals surface area (Å²) < 4.78 is 153. The molecule has 1 rings (SSSR count). The van der Waals surface area contributed by atoms with E-state index in [0.717, 1.165) is 51.6 Å². The molecule has 0 saturated carbocycles. The first kappa shape index (κ1) is 31.2. The summed E-state index contributed by atoms with van der Waals surface area (Å²) in [5.74, 6) is -27.2. The number of halogens is 11. The number of hydrogen-bond acceptors (Lipinski definition) is 2. The fourth-order valence-electron chi connectivity index (χ4n) is 3.54. The average Bonchev–Trinajstić information content (AvgIpc) is 3.23. The zero-order valence-corrected chi connectivity index (χ0v) is 18.7. The minimum absolute atomic E-state index is 0.0794. The molecule has 1 fully saturated rings. The van der Waals surface area contributed by atoms with Gasteiger partial charge in [0.2, 0.25) is 0 Å². The van der Waals surface area contributed by atoms with Crippen molar-refractivity contribution in [2.75, 3.05) is 19.8 Å². The zero-order chi connectivity index (χ0) is 26.1. The smallest absolute Gasteiger partial charge is 0.379 e. The Morgan fingerprint density at radius 2 is 1.12 bits per heavy atom. The molecule has 1 unspecified atom stereocenters. The predicted molar refractivity (Wildman–Crippen MR) is 102 cm³/mol. The molecule has 1 aliphatic heterocycles. The molecule has 1 aliphatic rings. The summed E-state index contributed by atoms with van der Waals surface area (Å²) in [6.45, 7) is 1.96. The summed E-state index contributed by atoms with van der Waals surface area (Å²) >= 11 is 0. The highest BCUT2D eigenvalue weighted by molar-refractivity contribution is 5.06. The summed E-state index contributed by atoms with van der Waals surface area (Å²) in [7, 11) is 0. The van der Waals surface area contributed by atoms with Crippen LogP contribution in [0.2, 0.25) is 0 Å². The van der Waals surface area contributed by atoms with Crippen molar-refractivity contribution < 1.29 is 57.8 Å². The molecule has 0 spiro atoms. The highest BCUT2D eigenvalue weighted by Crippen LogP contribution is 2.58. The Labute approximate surface area is 191 Å². The molecule has 13 heteroatoms. The molecule has 0 amide bonds. The Morgan fingerprint density at radius 3 is 1.59 bits per heavy atom. The molecule has 0 aromatic rings. The Hall–Kier alpha value is -0.850. The van der Waals surface area contributed by atoms with Gasteiger partial charge in [0.1, 0.15) is 0 Å². The topological polar surface area (TPSA) is 18.5 Å². The van der Waals surface area contributed by atoms with E-state index in [1.807, 2.05) is 0 Å². The van der Waals surface area contributed by atoms with Gasteiger partial charge in [-0.25, -0.2) is 0 Å².